The number of rotatable bonds is 26. The molecule has 15 heteroatoms. The molecule has 0 amide bonds. The molecule has 0 aliphatic rings. The molecule has 0 radical (unpaired) electrons. The van der Waals surface area contributed by atoms with Crippen LogP contribution < -0.4 is 0 Å². The van der Waals surface area contributed by atoms with Crippen molar-refractivity contribution < 1.29 is 70.2 Å². The molecule has 422 valence electrons. The van der Waals surface area contributed by atoms with Crippen molar-refractivity contribution in [3.63, 3.8) is 0 Å². The third-order valence-electron chi connectivity index (χ3n) is 12.1. The Morgan fingerprint density at radius 1 is 0.405 bits per heavy atom. The van der Waals surface area contributed by atoms with Crippen molar-refractivity contribution in [2.75, 3.05) is 26.4 Å². The van der Waals surface area contributed by atoms with Crippen molar-refractivity contribution in [3.8, 4) is 17.2 Å². The number of unbranched alkanes of at least 4 members (excludes halogenated alkanes) is 11. The van der Waals surface area contributed by atoms with Crippen LogP contribution >= 0.6 is 12.6 Å². The highest BCUT2D eigenvalue weighted by Crippen LogP contribution is 2.34. The predicted molar refractivity (Wildman–Crippen MR) is 299 cm³/mol. The number of thiol groups is 1. The van der Waals surface area contributed by atoms with E-state index in [0.717, 1.165) is 39.8 Å². The van der Waals surface area contributed by atoms with Crippen molar-refractivity contribution in [2.24, 2.45) is 5.41 Å². The number of aryl methyl sites for hydroxylation is 3. The van der Waals surface area contributed by atoms with Crippen LogP contribution in [0.25, 0.3) is 0 Å². The Morgan fingerprint density at radius 2 is 0.649 bits per heavy atom. The Morgan fingerprint density at radius 3 is 0.838 bits per heavy atom. The van der Waals surface area contributed by atoms with E-state index in [2.05, 4.69) is 19.6 Å². The highest BCUT2D eigenvalue weighted by Gasteiger charge is 2.26. The number of carbonyl (C=O) groups is 4. The molecule has 0 bridgehead atoms. The van der Waals surface area contributed by atoms with Crippen LogP contribution in [0.2, 0.25) is 0 Å². The first-order valence-electron chi connectivity index (χ1n) is 26.2. The van der Waals surface area contributed by atoms with Crippen LogP contribution in [0.15, 0.2) is 54.6 Å². The van der Waals surface area contributed by atoms with E-state index in [1.807, 2.05) is 80.5 Å². The first kappa shape index (κ1) is 71.4. The van der Waals surface area contributed by atoms with E-state index in [0.29, 0.717) is 25.7 Å². The number of carboxylic acids is 3. The topological polar surface area (TPSA) is 271 Å². The molecule has 0 fully saturated rings. The number of phenols is 3. The number of hydrogen-bond donors (Lipinski definition) is 11. The number of benzene rings is 3. The number of aromatic hydroxyl groups is 3. The van der Waals surface area contributed by atoms with Gasteiger partial charge in [-0.25, -0.2) is 0 Å². The van der Waals surface area contributed by atoms with Gasteiger partial charge in [-0.1, -0.05) is 176 Å². The maximum atomic E-state index is 10.6. The zero-order valence-electron chi connectivity index (χ0n) is 46.5. The Hall–Kier alpha value is -4.67. The lowest BCUT2D eigenvalue weighted by Gasteiger charge is -2.23. The van der Waals surface area contributed by atoms with Crippen molar-refractivity contribution in [1.82, 2.24) is 0 Å². The van der Waals surface area contributed by atoms with Gasteiger partial charge in [-0.05, 0) is 93.5 Å². The molecule has 14 nitrogen and oxygen atoms in total. The average molecular weight is 1060 g/mol. The zero-order valence-corrected chi connectivity index (χ0v) is 47.4. The van der Waals surface area contributed by atoms with Crippen LogP contribution in [0.5, 0.6) is 17.2 Å². The number of carbonyl (C=O) groups excluding carboxylic acids is 1. The Kier molecular flexibility index (Phi) is 36.6. The van der Waals surface area contributed by atoms with E-state index in [-0.39, 0.29) is 57.9 Å². The molecule has 0 spiro atoms. The molecule has 0 saturated carbocycles. The summed E-state index contributed by atoms with van der Waals surface area (Å²) in [7, 11) is 0. The summed E-state index contributed by atoms with van der Waals surface area (Å²) in [4.78, 5) is 42.0. The normalized spacial score (nSPS) is 11.3. The van der Waals surface area contributed by atoms with E-state index in [4.69, 9.17) is 35.7 Å². The quantitative estimate of drug-likeness (QED) is 0.0264. The van der Waals surface area contributed by atoms with Crippen molar-refractivity contribution in [2.45, 2.75) is 207 Å². The maximum absolute atomic E-state index is 10.6. The predicted octanol–water partition coefficient (Wildman–Crippen LogP) is 11.6. The van der Waals surface area contributed by atoms with Crippen LogP contribution in [0, 0.1) is 5.41 Å². The van der Waals surface area contributed by atoms with Crippen LogP contribution in [0.4, 0.5) is 0 Å². The molecule has 3 aromatic carbocycles. The van der Waals surface area contributed by atoms with Gasteiger partial charge in [-0.2, -0.15) is 0 Å². The first-order valence-corrected chi connectivity index (χ1v) is 26.7. The van der Waals surface area contributed by atoms with Gasteiger partial charge in [0, 0.05) is 25.7 Å². The van der Waals surface area contributed by atoms with E-state index < -0.39 is 49.8 Å². The van der Waals surface area contributed by atoms with Gasteiger partial charge in [0.1, 0.15) is 17.2 Å². The highest BCUT2D eigenvalue weighted by atomic mass is 32.1. The minimum atomic E-state index is -1.11. The minimum absolute atomic E-state index is 0.0390. The average Bonchev–Trinajstić information content (AvgIpc) is 3.31. The van der Waals surface area contributed by atoms with Crippen LogP contribution in [0.3, 0.4) is 0 Å². The molecule has 0 unspecified atom stereocenters. The Labute approximate surface area is 448 Å². The van der Waals surface area contributed by atoms with E-state index in [1.165, 1.54) is 70.6 Å². The van der Waals surface area contributed by atoms with Crippen molar-refractivity contribution >= 4 is 35.7 Å². The number of hydrogen-bond acceptors (Lipinski definition) is 11. The lowest BCUT2D eigenvalue weighted by atomic mass is 9.85. The fraction of sp³-hybridized carbons (Fsp3) is 0.627. The van der Waals surface area contributed by atoms with Crippen LogP contribution in [0.1, 0.15) is 205 Å². The molecule has 0 aliphatic carbocycles. The summed E-state index contributed by atoms with van der Waals surface area (Å²) in [6.45, 7) is 18.8. The lowest BCUT2D eigenvalue weighted by molar-refractivity contribution is -0.138. The molecular formula is C59H96O14S. The fourth-order valence-corrected chi connectivity index (χ4v) is 7.35. The molecule has 3 aromatic rings. The second-order valence-electron chi connectivity index (χ2n) is 22.2. The molecule has 0 aromatic heterocycles. The minimum Gasteiger partial charge on any atom is -0.508 e. The van der Waals surface area contributed by atoms with Gasteiger partial charge in [0.25, 0.3) is 0 Å². The molecular weight excluding hydrogens is 965 g/mol. The second kappa shape index (κ2) is 38.0. The molecule has 3 rings (SSSR count). The van der Waals surface area contributed by atoms with Gasteiger partial charge >= 0.3 is 17.9 Å². The summed E-state index contributed by atoms with van der Waals surface area (Å²) in [5.41, 5.74) is 3.90. The number of carboxylic acid groups (broad SMARTS) is 3. The molecule has 10 N–H and O–H groups in total. The number of aliphatic hydroxyl groups excluding tert-OH is 4. The van der Waals surface area contributed by atoms with Gasteiger partial charge < -0.3 is 51.1 Å². The molecule has 0 aliphatic heterocycles. The summed E-state index contributed by atoms with van der Waals surface area (Å²) < 4.78 is 0. The second-order valence-corrected chi connectivity index (χ2v) is 22.6. The number of phenolic OH excluding ortho intramolecular Hbond substituents is 3. The summed E-state index contributed by atoms with van der Waals surface area (Å²) in [6, 6.07) is 15.9. The Balaban J connectivity index is 0. The lowest BCUT2D eigenvalue weighted by Crippen LogP contribution is -2.37. The van der Waals surface area contributed by atoms with Gasteiger partial charge in [0.05, 0.1) is 31.8 Å². The van der Waals surface area contributed by atoms with Gasteiger partial charge in [-0.3, -0.25) is 19.2 Å². The number of aliphatic hydroxyl groups is 4. The van der Waals surface area contributed by atoms with Crippen LogP contribution in [-0.2, 0) is 54.7 Å². The summed E-state index contributed by atoms with van der Waals surface area (Å²) >= 11 is 3.77. The van der Waals surface area contributed by atoms with Gasteiger partial charge in [-0.15, -0.1) is 12.6 Å². The smallest absolute Gasteiger partial charge is 0.303 e. The van der Waals surface area contributed by atoms with E-state index in [1.54, 1.807) is 36.4 Å². The SMILES string of the molecule is CC(C)(C)c1cc(CCC(=O)O)ccc1O.CC(C)(C)c1cc(CCC(=O)O)ccc1O.CC(C)(C)c1cc(CCC(=O)O)ccc1O.CCCCCCCCCCCCCCC(=O)S.OCC(CO)(CO)CO. The zero-order chi connectivity index (χ0) is 57.1. The maximum Gasteiger partial charge on any atom is 0.303 e. The van der Waals surface area contributed by atoms with Crippen LogP contribution in [-0.4, -0.2) is 101 Å². The van der Waals surface area contributed by atoms with E-state index >= 15 is 0 Å². The number of aliphatic carboxylic acids is 3. The fourth-order valence-electron chi connectivity index (χ4n) is 7.19. The molecule has 74 heavy (non-hydrogen) atoms. The van der Waals surface area contributed by atoms with Crippen molar-refractivity contribution in [3.05, 3.63) is 88.0 Å². The molecule has 0 heterocycles. The molecule has 0 atom stereocenters. The van der Waals surface area contributed by atoms with E-state index in [9.17, 15) is 34.5 Å². The summed E-state index contributed by atoms with van der Waals surface area (Å²) in [5.74, 6) is -1.59. The Bertz CT molecular complexity index is 1840. The molecule has 0 saturated heterocycles. The largest absolute Gasteiger partial charge is 0.508 e. The summed E-state index contributed by atoms with van der Waals surface area (Å²) in [5, 5.41) is 89.0. The van der Waals surface area contributed by atoms with Crippen molar-refractivity contribution in [1.29, 1.82) is 0 Å². The van der Waals surface area contributed by atoms with Gasteiger partial charge in [0.15, 0.2) is 5.12 Å². The third kappa shape index (κ3) is 34.0. The summed E-state index contributed by atoms with van der Waals surface area (Å²) in [6.07, 6.45) is 18.6. The van der Waals surface area contributed by atoms with Gasteiger partial charge in [0.2, 0.25) is 0 Å². The monoisotopic (exact) mass is 1060 g/mol. The highest BCUT2D eigenvalue weighted by molar-refractivity contribution is 7.96. The first-order chi connectivity index (χ1) is 34.4. The standard InChI is InChI=1S/C15H30OS.3C13H18O3.C5H12O4/c1-2-3-4-5-6-7-8-9-10-11-12-13-14-15(16)17;3*1-13(2,3)10-8-9(4-6-11(10)14)5-7-12(15)16;6-1-5(2-7,3-8)4-9/h2-14H2,1H3,(H,16,17);3*4,6,8,14H,5,7H2,1-3H3,(H,15,16);6-9H,1-4H2. The third-order valence-corrected chi connectivity index (χ3v) is 12.3.